The van der Waals surface area contributed by atoms with E-state index in [0.29, 0.717) is 17.8 Å². The summed E-state index contributed by atoms with van der Waals surface area (Å²) in [6, 6.07) is 7.26. The molecule has 92 valence electrons. The molecule has 5 heteroatoms. The van der Waals surface area contributed by atoms with Crippen molar-refractivity contribution in [3.8, 4) is 0 Å². The number of oxime groups is 1. The maximum atomic E-state index is 11.6. The van der Waals surface area contributed by atoms with Crippen LogP contribution in [0.25, 0.3) is 0 Å². The van der Waals surface area contributed by atoms with Crippen LogP contribution in [-0.4, -0.2) is 28.8 Å². The largest absolute Gasteiger partial charge is 0.411 e. The van der Waals surface area contributed by atoms with Crippen LogP contribution in [0.15, 0.2) is 29.4 Å². The summed E-state index contributed by atoms with van der Waals surface area (Å²) in [6.45, 7) is 1.69. The standard InChI is InChI=1S/C12H16N2O2S/c1-9(14-16)10-5-3-4-6-11(10)13-12(15)7-8-17-2/h3-6,16H,7-8H2,1-2H3,(H,13,15)/b14-9+. The number of nitrogens with one attached hydrogen (secondary N) is 1. The fourth-order valence-corrected chi connectivity index (χ4v) is 1.76. The van der Waals surface area contributed by atoms with E-state index >= 15 is 0 Å². The number of thioether (sulfide) groups is 1. The summed E-state index contributed by atoms with van der Waals surface area (Å²) in [5.41, 5.74) is 1.88. The van der Waals surface area contributed by atoms with E-state index in [4.69, 9.17) is 5.21 Å². The van der Waals surface area contributed by atoms with Crippen molar-refractivity contribution < 1.29 is 10.0 Å². The van der Waals surface area contributed by atoms with Gasteiger partial charge < -0.3 is 10.5 Å². The van der Waals surface area contributed by atoms with E-state index in [0.717, 1.165) is 11.3 Å². The molecule has 0 aliphatic carbocycles. The minimum atomic E-state index is -0.0301. The molecular formula is C12H16N2O2S. The fourth-order valence-electron chi connectivity index (χ4n) is 1.37. The molecule has 0 spiro atoms. The number of anilines is 1. The lowest BCUT2D eigenvalue weighted by Gasteiger charge is -2.09. The molecule has 0 aromatic heterocycles. The van der Waals surface area contributed by atoms with Gasteiger partial charge in [0.25, 0.3) is 0 Å². The number of hydrogen-bond donors (Lipinski definition) is 2. The monoisotopic (exact) mass is 252 g/mol. The molecule has 0 aliphatic heterocycles. The Morgan fingerprint density at radius 1 is 1.47 bits per heavy atom. The molecule has 1 rings (SSSR count). The minimum absolute atomic E-state index is 0.0301. The smallest absolute Gasteiger partial charge is 0.225 e. The lowest BCUT2D eigenvalue weighted by atomic mass is 10.1. The van der Waals surface area contributed by atoms with Gasteiger partial charge in [0.05, 0.1) is 5.71 Å². The Morgan fingerprint density at radius 2 is 2.18 bits per heavy atom. The van der Waals surface area contributed by atoms with Gasteiger partial charge in [-0.15, -0.1) is 0 Å². The van der Waals surface area contributed by atoms with E-state index in [1.807, 2.05) is 18.4 Å². The first kappa shape index (κ1) is 13.6. The first-order valence-corrected chi connectivity index (χ1v) is 6.65. The van der Waals surface area contributed by atoms with Crippen LogP contribution in [0.5, 0.6) is 0 Å². The minimum Gasteiger partial charge on any atom is -0.411 e. The molecule has 0 heterocycles. The van der Waals surface area contributed by atoms with E-state index in [-0.39, 0.29) is 5.91 Å². The van der Waals surface area contributed by atoms with E-state index in [1.165, 1.54) is 0 Å². The summed E-state index contributed by atoms with van der Waals surface area (Å²) in [5, 5.41) is 14.7. The molecule has 0 atom stereocenters. The van der Waals surface area contributed by atoms with Crippen molar-refractivity contribution in [2.75, 3.05) is 17.3 Å². The van der Waals surface area contributed by atoms with Crippen LogP contribution >= 0.6 is 11.8 Å². The number of benzene rings is 1. The Bertz CT molecular complexity index is 419. The van der Waals surface area contributed by atoms with Crippen LogP contribution in [0, 0.1) is 0 Å². The van der Waals surface area contributed by atoms with E-state index in [2.05, 4.69) is 10.5 Å². The molecule has 4 nitrogen and oxygen atoms in total. The molecule has 0 radical (unpaired) electrons. The van der Waals surface area contributed by atoms with Gasteiger partial charge in [0.15, 0.2) is 0 Å². The lowest BCUT2D eigenvalue weighted by molar-refractivity contribution is -0.115. The van der Waals surface area contributed by atoms with Crippen LogP contribution < -0.4 is 5.32 Å². The zero-order valence-corrected chi connectivity index (χ0v) is 10.8. The highest BCUT2D eigenvalue weighted by Crippen LogP contribution is 2.16. The highest BCUT2D eigenvalue weighted by Gasteiger charge is 2.08. The van der Waals surface area contributed by atoms with Gasteiger partial charge in [-0.1, -0.05) is 23.4 Å². The second kappa shape index (κ2) is 6.96. The predicted molar refractivity (Wildman–Crippen MR) is 72.1 cm³/mol. The molecule has 1 amide bonds. The Kier molecular flexibility index (Phi) is 5.56. The molecule has 0 aliphatic rings. The Morgan fingerprint density at radius 3 is 2.82 bits per heavy atom. The van der Waals surface area contributed by atoms with Gasteiger partial charge >= 0.3 is 0 Å². The van der Waals surface area contributed by atoms with Crippen molar-refractivity contribution in [3.05, 3.63) is 29.8 Å². The van der Waals surface area contributed by atoms with Crippen LogP contribution in [0.4, 0.5) is 5.69 Å². The molecule has 1 aromatic rings. The summed E-state index contributed by atoms with van der Waals surface area (Å²) < 4.78 is 0. The highest BCUT2D eigenvalue weighted by molar-refractivity contribution is 7.98. The zero-order chi connectivity index (χ0) is 12.7. The van der Waals surface area contributed by atoms with Gasteiger partial charge in [-0.2, -0.15) is 11.8 Å². The first-order chi connectivity index (χ1) is 8.19. The quantitative estimate of drug-likeness (QED) is 0.481. The van der Waals surface area contributed by atoms with Crippen molar-refractivity contribution in [1.29, 1.82) is 0 Å². The molecule has 2 N–H and O–H groups in total. The second-order valence-electron chi connectivity index (χ2n) is 3.52. The summed E-state index contributed by atoms with van der Waals surface area (Å²) in [4.78, 5) is 11.6. The summed E-state index contributed by atoms with van der Waals surface area (Å²) >= 11 is 1.63. The van der Waals surface area contributed by atoms with Gasteiger partial charge in [0.2, 0.25) is 5.91 Å². The highest BCUT2D eigenvalue weighted by atomic mass is 32.2. The third-order valence-electron chi connectivity index (χ3n) is 2.27. The van der Waals surface area contributed by atoms with Gasteiger partial charge in [0, 0.05) is 23.4 Å². The summed E-state index contributed by atoms with van der Waals surface area (Å²) in [6.07, 6.45) is 2.44. The number of amides is 1. The van der Waals surface area contributed by atoms with Crippen LogP contribution in [0.3, 0.4) is 0 Å². The molecule has 0 unspecified atom stereocenters. The van der Waals surface area contributed by atoms with Crippen LogP contribution in [0.1, 0.15) is 18.9 Å². The molecule has 0 bridgehead atoms. The van der Waals surface area contributed by atoms with Crippen molar-refractivity contribution in [2.45, 2.75) is 13.3 Å². The van der Waals surface area contributed by atoms with Crippen molar-refractivity contribution >= 4 is 29.1 Å². The molecular weight excluding hydrogens is 236 g/mol. The normalized spacial score (nSPS) is 11.3. The maximum Gasteiger partial charge on any atom is 0.225 e. The molecule has 17 heavy (non-hydrogen) atoms. The van der Waals surface area contributed by atoms with Crippen LogP contribution in [0.2, 0.25) is 0 Å². The SMILES string of the molecule is CSCCC(=O)Nc1ccccc1/C(C)=N/O. The number of nitrogens with zero attached hydrogens (tertiary/aromatic N) is 1. The van der Waals surface area contributed by atoms with Crippen molar-refractivity contribution in [1.82, 2.24) is 0 Å². The van der Waals surface area contributed by atoms with E-state index in [1.54, 1.807) is 30.8 Å². The van der Waals surface area contributed by atoms with Gasteiger partial charge in [-0.05, 0) is 19.2 Å². The van der Waals surface area contributed by atoms with Gasteiger partial charge in [0.1, 0.15) is 0 Å². The van der Waals surface area contributed by atoms with Gasteiger partial charge in [-0.25, -0.2) is 0 Å². The van der Waals surface area contributed by atoms with E-state index < -0.39 is 0 Å². The average Bonchev–Trinajstić information content (AvgIpc) is 2.36. The number of carbonyl (C=O) groups is 1. The summed E-state index contributed by atoms with van der Waals surface area (Å²) in [7, 11) is 0. The van der Waals surface area contributed by atoms with Gasteiger partial charge in [-0.3, -0.25) is 4.79 Å². The Labute approximate surface area is 105 Å². The third-order valence-corrected chi connectivity index (χ3v) is 2.89. The molecule has 1 aromatic carbocycles. The lowest BCUT2D eigenvalue weighted by Crippen LogP contribution is -2.14. The third kappa shape index (κ3) is 4.11. The maximum absolute atomic E-state index is 11.6. The fraction of sp³-hybridized carbons (Fsp3) is 0.333. The Hall–Kier alpha value is -1.49. The predicted octanol–water partition coefficient (Wildman–Crippen LogP) is 2.58. The topological polar surface area (TPSA) is 61.7 Å². The van der Waals surface area contributed by atoms with Crippen LogP contribution in [-0.2, 0) is 4.79 Å². The zero-order valence-electron chi connectivity index (χ0n) is 9.93. The second-order valence-corrected chi connectivity index (χ2v) is 4.51. The number of hydrogen-bond acceptors (Lipinski definition) is 4. The number of para-hydroxylation sites is 1. The number of rotatable bonds is 5. The molecule has 0 fully saturated rings. The summed E-state index contributed by atoms with van der Waals surface area (Å²) in [5.74, 6) is 0.763. The molecule has 0 saturated heterocycles. The van der Waals surface area contributed by atoms with Crippen molar-refractivity contribution in [2.24, 2.45) is 5.16 Å². The first-order valence-electron chi connectivity index (χ1n) is 5.26. The number of carbonyl (C=O) groups excluding carboxylic acids is 1. The average molecular weight is 252 g/mol. The van der Waals surface area contributed by atoms with E-state index in [9.17, 15) is 4.79 Å². The Balaban J connectivity index is 2.80. The molecule has 0 saturated carbocycles. The van der Waals surface area contributed by atoms with Crippen molar-refractivity contribution in [3.63, 3.8) is 0 Å².